The molecule has 1 saturated heterocycles. The monoisotopic (exact) mass is 121 g/mol. The fourth-order valence-electron chi connectivity index (χ4n) is 0.728. The van der Waals surface area contributed by atoms with Crippen LogP contribution in [0.25, 0.3) is 0 Å². The largest absolute Gasteiger partial charge is 0.389 e. The minimum absolute atomic E-state index is 0.0289. The van der Waals surface area contributed by atoms with Gasteiger partial charge in [-0.3, -0.25) is 0 Å². The van der Waals surface area contributed by atoms with Gasteiger partial charge in [-0.15, -0.1) is 0 Å². The zero-order valence-corrected chi connectivity index (χ0v) is 4.29. The molecular formula is C4H8FNO2. The van der Waals surface area contributed by atoms with Gasteiger partial charge in [0.05, 0.1) is 13.1 Å². The molecule has 0 spiro atoms. The van der Waals surface area contributed by atoms with Crippen molar-refractivity contribution in [2.24, 2.45) is 0 Å². The normalized spacial score (nSPS) is 40.9. The molecule has 0 aliphatic carbocycles. The van der Waals surface area contributed by atoms with Crippen LogP contribution in [0.1, 0.15) is 0 Å². The molecule has 1 fully saturated rings. The van der Waals surface area contributed by atoms with E-state index in [1.165, 1.54) is 0 Å². The van der Waals surface area contributed by atoms with E-state index in [2.05, 4.69) is 0 Å². The van der Waals surface area contributed by atoms with Gasteiger partial charge in [0, 0.05) is 0 Å². The van der Waals surface area contributed by atoms with E-state index in [0.29, 0.717) is 0 Å². The van der Waals surface area contributed by atoms with Crippen LogP contribution >= 0.6 is 0 Å². The molecule has 1 heterocycles. The second kappa shape index (κ2) is 1.97. The summed E-state index contributed by atoms with van der Waals surface area (Å²) in [7, 11) is 0. The van der Waals surface area contributed by atoms with Gasteiger partial charge in [0.25, 0.3) is 0 Å². The molecule has 1 aliphatic heterocycles. The average Bonchev–Trinajstić information content (AvgIpc) is 1.85. The van der Waals surface area contributed by atoms with Gasteiger partial charge in [0.2, 0.25) is 0 Å². The first-order valence-electron chi connectivity index (χ1n) is 2.46. The van der Waals surface area contributed by atoms with Crippen LogP contribution in [0.3, 0.4) is 0 Å². The van der Waals surface area contributed by atoms with E-state index < -0.39 is 12.3 Å². The van der Waals surface area contributed by atoms with Gasteiger partial charge < -0.3 is 10.3 Å². The van der Waals surface area contributed by atoms with Crippen LogP contribution in [0, 0.1) is 0 Å². The second-order valence-electron chi connectivity index (χ2n) is 1.95. The Hall–Kier alpha value is -0.190. The van der Waals surface area contributed by atoms with Crippen LogP contribution in [0.4, 0.5) is 4.39 Å². The van der Waals surface area contributed by atoms with Crippen molar-refractivity contribution in [3.63, 3.8) is 0 Å². The van der Waals surface area contributed by atoms with Crippen LogP contribution in [-0.4, -0.2) is 40.7 Å². The molecule has 48 valence electrons. The third-order valence-electron chi connectivity index (χ3n) is 1.20. The summed E-state index contributed by atoms with van der Waals surface area (Å²) in [5.41, 5.74) is 0. The molecule has 2 atom stereocenters. The van der Waals surface area contributed by atoms with Gasteiger partial charge >= 0.3 is 0 Å². The highest BCUT2D eigenvalue weighted by atomic mass is 19.1. The molecule has 0 radical (unpaired) electrons. The lowest BCUT2D eigenvalue weighted by atomic mass is 10.3. The number of nitrogens with zero attached hydrogens (tertiary/aromatic N) is 1. The first-order valence-corrected chi connectivity index (χ1v) is 2.46. The van der Waals surface area contributed by atoms with Crippen LogP contribution in [-0.2, 0) is 0 Å². The lowest BCUT2D eigenvalue weighted by molar-refractivity contribution is -0.0773. The Balaban J connectivity index is 2.39. The molecule has 0 amide bonds. The number of hydroxylamine groups is 2. The maximum absolute atomic E-state index is 12.1. The predicted octanol–water partition coefficient (Wildman–Crippen LogP) is -0.610. The Labute approximate surface area is 46.3 Å². The molecule has 2 unspecified atom stereocenters. The standard InChI is InChI=1S/C4H8FNO2/c5-3-1-6(8)2-4(3)7/h3-4,7-8H,1-2H2. The van der Waals surface area contributed by atoms with Crippen LogP contribution in [0.5, 0.6) is 0 Å². The maximum atomic E-state index is 12.1. The summed E-state index contributed by atoms with van der Waals surface area (Å²) >= 11 is 0. The SMILES string of the molecule is OC1CN(O)CC1F. The van der Waals surface area contributed by atoms with Gasteiger partial charge in [-0.25, -0.2) is 4.39 Å². The molecule has 0 aromatic carbocycles. The van der Waals surface area contributed by atoms with Crippen LogP contribution < -0.4 is 0 Å². The first-order chi connectivity index (χ1) is 3.70. The Bertz CT molecular complexity index is 80.1. The highest BCUT2D eigenvalue weighted by Crippen LogP contribution is 2.09. The van der Waals surface area contributed by atoms with Gasteiger partial charge in [0.1, 0.15) is 12.3 Å². The Morgan fingerprint density at radius 2 is 2.12 bits per heavy atom. The summed E-state index contributed by atoms with van der Waals surface area (Å²) in [6.07, 6.45) is -2.28. The number of halogens is 1. The van der Waals surface area contributed by atoms with E-state index in [0.717, 1.165) is 5.06 Å². The minimum Gasteiger partial charge on any atom is -0.389 e. The van der Waals surface area contributed by atoms with Gasteiger partial charge in [0.15, 0.2) is 0 Å². The molecule has 0 aromatic rings. The highest BCUT2D eigenvalue weighted by molar-refractivity contribution is 4.78. The molecule has 0 saturated carbocycles. The molecular weight excluding hydrogens is 113 g/mol. The quantitative estimate of drug-likeness (QED) is 0.449. The summed E-state index contributed by atoms with van der Waals surface area (Å²) < 4.78 is 12.1. The number of aliphatic hydroxyl groups is 1. The van der Waals surface area contributed by atoms with E-state index in [1.54, 1.807) is 0 Å². The lowest BCUT2D eigenvalue weighted by Crippen LogP contribution is -2.18. The zero-order chi connectivity index (χ0) is 6.15. The Morgan fingerprint density at radius 3 is 2.25 bits per heavy atom. The van der Waals surface area contributed by atoms with Crippen LogP contribution in [0.15, 0.2) is 0 Å². The minimum atomic E-state index is -1.28. The van der Waals surface area contributed by atoms with Gasteiger partial charge in [-0.1, -0.05) is 0 Å². The zero-order valence-electron chi connectivity index (χ0n) is 4.29. The Morgan fingerprint density at radius 1 is 1.50 bits per heavy atom. The highest BCUT2D eigenvalue weighted by Gasteiger charge is 2.29. The number of hydrogen-bond acceptors (Lipinski definition) is 3. The topological polar surface area (TPSA) is 43.7 Å². The van der Waals surface area contributed by atoms with Crippen molar-refractivity contribution in [3.05, 3.63) is 0 Å². The van der Waals surface area contributed by atoms with Gasteiger partial charge in [-0.2, -0.15) is 5.06 Å². The van der Waals surface area contributed by atoms with Crippen LogP contribution in [0.2, 0.25) is 0 Å². The number of aliphatic hydroxyl groups excluding tert-OH is 1. The Kier molecular flexibility index (Phi) is 1.46. The molecule has 3 nitrogen and oxygen atoms in total. The maximum Gasteiger partial charge on any atom is 0.142 e. The van der Waals surface area contributed by atoms with Crippen molar-refractivity contribution < 1.29 is 14.7 Å². The smallest absolute Gasteiger partial charge is 0.142 e. The third kappa shape index (κ3) is 0.964. The van der Waals surface area contributed by atoms with E-state index in [9.17, 15) is 4.39 Å². The molecule has 0 aromatic heterocycles. The van der Waals surface area contributed by atoms with Crippen molar-refractivity contribution in [1.29, 1.82) is 0 Å². The van der Waals surface area contributed by atoms with Gasteiger partial charge in [-0.05, 0) is 0 Å². The van der Waals surface area contributed by atoms with Crippen molar-refractivity contribution in [3.8, 4) is 0 Å². The van der Waals surface area contributed by atoms with E-state index >= 15 is 0 Å². The van der Waals surface area contributed by atoms with Crippen molar-refractivity contribution in [2.45, 2.75) is 12.3 Å². The van der Waals surface area contributed by atoms with Crippen molar-refractivity contribution in [2.75, 3.05) is 13.1 Å². The molecule has 0 bridgehead atoms. The fourth-order valence-corrected chi connectivity index (χ4v) is 0.728. The third-order valence-corrected chi connectivity index (χ3v) is 1.20. The molecule has 1 rings (SSSR count). The van der Waals surface area contributed by atoms with Crippen molar-refractivity contribution >= 4 is 0 Å². The number of rotatable bonds is 0. The number of alkyl halides is 1. The molecule has 4 heteroatoms. The first kappa shape index (κ1) is 5.94. The summed E-state index contributed by atoms with van der Waals surface area (Å²) in [6.45, 7) is -0.0394. The fraction of sp³-hybridized carbons (Fsp3) is 1.00. The van der Waals surface area contributed by atoms with E-state index in [-0.39, 0.29) is 13.1 Å². The summed E-state index contributed by atoms with van der Waals surface area (Å²) in [5.74, 6) is 0. The number of hydrogen-bond donors (Lipinski definition) is 2. The summed E-state index contributed by atoms with van der Waals surface area (Å²) in [4.78, 5) is 0. The number of β-amino-alcohol motifs (C(OH)–C–C–N with tert-alkyl or cyclic N) is 1. The lowest BCUT2D eigenvalue weighted by Gasteiger charge is -2.00. The summed E-state index contributed by atoms with van der Waals surface area (Å²) in [5, 5.41) is 17.9. The predicted molar refractivity (Wildman–Crippen MR) is 24.3 cm³/mol. The summed E-state index contributed by atoms with van der Waals surface area (Å²) in [6, 6.07) is 0. The second-order valence-corrected chi connectivity index (χ2v) is 1.95. The van der Waals surface area contributed by atoms with E-state index in [1.807, 2.05) is 0 Å². The molecule has 1 aliphatic rings. The average molecular weight is 121 g/mol. The molecule has 8 heavy (non-hydrogen) atoms. The molecule has 2 N–H and O–H groups in total. The van der Waals surface area contributed by atoms with E-state index in [4.69, 9.17) is 10.3 Å². The van der Waals surface area contributed by atoms with Crippen molar-refractivity contribution in [1.82, 2.24) is 5.06 Å².